The van der Waals surface area contributed by atoms with Gasteiger partial charge in [0.2, 0.25) is 5.88 Å². The number of aliphatic hydroxyl groups is 1. The maximum Gasteiger partial charge on any atom is 0.233 e. The summed E-state index contributed by atoms with van der Waals surface area (Å²) in [7, 11) is -1.49. The molecule has 1 aromatic rings. The molecule has 0 fully saturated rings. The summed E-state index contributed by atoms with van der Waals surface area (Å²) in [5.74, 6) is 0.592. The molecule has 6 nitrogen and oxygen atoms in total. The molecule has 0 saturated heterocycles. The Hall–Kier alpha value is -1.21. The Morgan fingerprint density at radius 2 is 2.11 bits per heavy atom. The lowest BCUT2D eigenvalue weighted by Crippen LogP contribution is -2.10. The number of nitrogens with zero attached hydrogens (tertiary/aromatic N) is 2. The molecule has 0 radical (unpaired) electrons. The van der Waals surface area contributed by atoms with Crippen LogP contribution in [0.3, 0.4) is 0 Å². The van der Waals surface area contributed by atoms with Crippen molar-refractivity contribution in [3.63, 3.8) is 0 Å². The number of ether oxygens (including phenoxy) is 1. The van der Waals surface area contributed by atoms with E-state index in [9.17, 15) is 13.5 Å². The highest BCUT2D eigenvalue weighted by Gasteiger charge is 2.13. The first-order chi connectivity index (χ1) is 8.48. The molecule has 1 unspecified atom stereocenters. The third-order valence-electron chi connectivity index (χ3n) is 2.58. The average Bonchev–Trinajstić information content (AvgIpc) is 2.38. The van der Waals surface area contributed by atoms with Gasteiger partial charge in [-0.1, -0.05) is 6.92 Å². The van der Waals surface area contributed by atoms with Gasteiger partial charge >= 0.3 is 0 Å². The van der Waals surface area contributed by atoms with Gasteiger partial charge < -0.3 is 9.84 Å². The Labute approximate surface area is 107 Å². The molecule has 1 aromatic heterocycles. The molecule has 1 heterocycles. The van der Waals surface area contributed by atoms with Gasteiger partial charge in [-0.05, 0) is 18.9 Å². The first-order valence-electron chi connectivity index (χ1n) is 5.74. The van der Waals surface area contributed by atoms with Crippen LogP contribution in [0.4, 0.5) is 0 Å². The monoisotopic (exact) mass is 274 g/mol. The third-order valence-corrected chi connectivity index (χ3v) is 4.37. The first kappa shape index (κ1) is 14.8. The number of hydrogen-bond acceptors (Lipinski definition) is 6. The van der Waals surface area contributed by atoms with Crippen LogP contribution < -0.4 is 4.74 Å². The summed E-state index contributed by atoms with van der Waals surface area (Å²) >= 11 is 0. The highest BCUT2D eigenvalue weighted by Crippen LogP contribution is 2.17. The quantitative estimate of drug-likeness (QED) is 0.788. The maximum atomic E-state index is 11.3. The van der Waals surface area contributed by atoms with Gasteiger partial charge in [-0.25, -0.2) is 8.42 Å². The van der Waals surface area contributed by atoms with Gasteiger partial charge in [-0.15, -0.1) is 10.2 Å². The second-order valence-corrected chi connectivity index (χ2v) is 6.37. The molecule has 0 aliphatic heterocycles. The van der Waals surface area contributed by atoms with Gasteiger partial charge in [0.25, 0.3) is 0 Å². The summed E-state index contributed by atoms with van der Waals surface area (Å²) in [6, 6.07) is 3.22. The summed E-state index contributed by atoms with van der Waals surface area (Å²) < 4.78 is 27.4. The van der Waals surface area contributed by atoms with Gasteiger partial charge in [0.1, 0.15) is 9.84 Å². The Morgan fingerprint density at radius 1 is 1.39 bits per heavy atom. The van der Waals surface area contributed by atoms with Crippen LogP contribution in [0, 0.1) is 0 Å². The number of aromatic nitrogens is 2. The molecule has 0 saturated carbocycles. The molecular weight excluding hydrogens is 256 g/mol. The second-order valence-electron chi connectivity index (χ2n) is 3.89. The number of aliphatic hydroxyl groups excluding tert-OH is 1. The van der Waals surface area contributed by atoms with E-state index in [-0.39, 0.29) is 11.5 Å². The summed E-state index contributed by atoms with van der Waals surface area (Å²) in [5.41, 5.74) is 0.421. The van der Waals surface area contributed by atoms with Crippen molar-refractivity contribution >= 4 is 9.84 Å². The van der Waals surface area contributed by atoms with E-state index in [1.807, 2.05) is 0 Å². The van der Waals surface area contributed by atoms with Crippen LogP contribution in [0.1, 0.15) is 31.6 Å². The normalized spacial score (nSPS) is 13.3. The van der Waals surface area contributed by atoms with Gasteiger partial charge in [0, 0.05) is 11.8 Å². The van der Waals surface area contributed by atoms with E-state index >= 15 is 0 Å². The third kappa shape index (κ3) is 4.58. The molecule has 18 heavy (non-hydrogen) atoms. The van der Waals surface area contributed by atoms with Crippen molar-refractivity contribution in [1.29, 1.82) is 0 Å². The lowest BCUT2D eigenvalue weighted by atomic mass is 10.1. The van der Waals surface area contributed by atoms with Gasteiger partial charge in [-0.3, -0.25) is 0 Å². The fourth-order valence-electron chi connectivity index (χ4n) is 1.41. The lowest BCUT2D eigenvalue weighted by molar-refractivity contribution is 0.160. The predicted molar refractivity (Wildman–Crippen MR) is 67.1 cm³/mol. The van der Waals surface area contributed by atoms with Crippen molar-refractivity contribution in [2.45, 2.75) is 25.9 Å². The molecule has 0 aliphatic carbocycles. The Morgan fingerprint density at radius 3 is 2.61 bits per heavy atom. The van der Waals surface area contributed by atoms with Crippen molar-refractivity contribution in [1.82, 2.24) is 10.2 Å². The largest absolute Gasteiger partial charge is 0.480 e. The van der Waals surface area contributed by atoms with Crippen molar-refractivity contribution in [2.24, 2.45) is 0 Å². The fraction of sp³-hybridized carbons (Fsp3) is 0.636. The molecule has 0 spiro atoms. The van der Waals surface area contributed by atoms with Crippen molar-refractivity contribution in [3.05, 3.63) is 17.8 Å². The van der Waals surface area contributed by atoms with Crippen molar-refractivity contribution in [2.75, 3.05) is 18.6 Å². The van der Waals surface area contributed by atoms with Gasteiger partial charge in [0.15, 0.2) is 0 Å². The SMILES string of the molecule is CCS(=O)(=O)CCCC(O)c1ccc(OC)nn1. The molecule has 0 amide bonds. The standard InChI is InChI=1S/C11H18N2O4S/c1-3-18(15,16)8-4-5-10(14)9-6-7-11(17-2)13-12-9/h6-7,10,14H,3-5,8H2,1-2H3. The van der Waals surface area contributed by atoms with Crippen LogP contribution in [0.25, 0.3) is 0 Å². The summed E-state index contributed by atoms with van der Waals surface area (Å²) in [4.78, 5) is 0. The highest BCUT2D eigenvalue weighted by molar-refractivity contribution is 7.91. The molecule has 1 rings (SSSR count). The van der Waals surface area contributed by atoms with E-state index in [1.54, 1.807) is 19.1 Å². The molecule has 0 aliphatic rings. The topological polar surface area (TPSA) is 89.4 Å². The van der Waals surface area contributed by atoms with Crippen LogP contribution in [0.5, 0.6) is 5.88 Å². The zero-order chi connectivity index (χ0) is 13.6. The van der Waals surface area contributed by atoms with Crippen LogP contribution in [0.2, 0.25) is 0 Å². The maximum absolute atomic E-state index is 11.3. The Balaban J connectivity index is 2.47. The molecule has 0 bridgehead atoms. The number of rotatable bonds is 7. The van der Waals surface area contributed by atoms with Crippen molar-refractivity contribution < 1.29 is 18.3 Å². The van der Waals surface area contributed by atoms with Gasteiger partial charge in [0.05, 0.1) is 24.7 Å². The molecule has 0 aromatic carbocycles. The average molecular weight is 274 g/mol. The minimum atomic E-state index is -2.98. The highest BCUT2D eigenvalue weighted by atomic mass is 32.2. The fourth-order valence-corrected chi connectivity index (χ4v) is 2.30. The van der Waals surface area contributed by atoms with E-state index in [0.29, 0.717) is 24.4 Å². The summed E-state index contributed by atoms with van der Waals surface area (Å²) in [6.07, 6.45) is -0.0406. The van der Waals surface area contributed by atoms with E-state index < -0.39 is 15.9 Å². The second kappa shape index (κ2) is 6.65. The number of hydrogen-bond donors (Lipinski definition) is 1. The molecule has 7 heteroatoms. The Bertz CT molecular complexity index is 458. The molecule has 1 N–H and O–H groups in total. The summed E-state index contributed by atoms with van der Waals surface area (Å²) in [6.45, 7) is 1.61. The van der Waals surface area contributed by atoms with Gasteiger partial charge in [-0.2, -0.15) is 0 Å². The molecule has 1 atom stereocenters. The van der Waals surface area contributed by atoms with E-state index in [0.717, 1.165) is 0 Å². The van der Waals surface area contributed by atoms with E-state index in [1.165, 1.54) is 7.11 Å². The molecule has 102 valence electrons. The van der Waals surface area contributed by atoms with Crippen LogP contribution in [-0.4, -0.2) is 42.3 Å². The first-order valence-corrected chi connectivity index (χ1v) is 7.56. The van der Waals surface area contributed by atoms with Crippen LogP contribution >= 0.6 is 0 Å². The predicted octanol–water partition coefficient (Wildman–Crippen LogP) is 0.733. The Kier molecular flexibility index (Phi) is 5.49. The lowest BCUT2D eigenvalue weighted by Gasteiger charge is -2.09. The number of methoxy groups -OCH3 is 1. The zero-order valence-corrected chi connectivity index (χ0v) is 11.4. The van der Waals surface area contributed by atoms with E-state index in [2.05, 4.69) is 10.2 Å². The zero-order valence-electron chi connectivity index (χ0n) is 10.5. The van der Waals surface area contributed by atoms with Crippen molar-refractivity contribution in [3.8, 4) is 5.88 Å². The smallest absolute Gasteiger partial charge is 0.233 e. The minimum absolute atomic E-state index is 0.0874. The number of sulfone groups is 1. The summed E-state index contributed by atoms with van der Waals surface area (Å²) in [5, 5.41) is 17.4. The van der Waals surface area contributed by atoms with Crippen LogP contribution in [0.15, 0.2) is 12.1 Å². The molecular formula is C11H18N2O4S. The van der Waals surface area contributed by atoms with Crippen LogP contribution in [-0.2, 0) is 9.84 Å². The minimum Gasteiger partial charge on any atom is -0.480 e. The van der Waals surface area contributed by atoms with E-state index in [4.69, 9.17) is 4.74 Å².